The number of aromatic nitrogens is 1. The fourth-order valence-corrected chi connectivity index (χ4v) is 5.67. The molecule has 1 nitrogen and oxygen atoms in total. The van der Waals surface area contributed by atoms with Gasteiger partial charge in [-0.05, 0) is 57.3 Å². The average molecular weight is 472 g/mol. The summed E-state index contributed by atoms with van der Waals surface area (Å²) in [6.07, 6.45) is 0. The molecule has 0 unspecified atom stereocenters. The minimum atomic E-state index is 1.11. The molecule has 32 heavy (non-hydrogen) atoms. The lowest BCUT2D eigenvalue weighted by molar-refractivity contribution is 1.19. The SMILES string of the molecule is Brc1ccc2c(c1)c1ccccc1c1c2ccc2c3ccccc3n(-c3ccccc3)c21. The van der Waals surface area contributed by atoms with Crippen LogP contribution in [0.1, 0.15) is 0 Å². The molecule has 1 aromatic heterocycles. The Kier molecular flexibility index (Phi) is 3.76. The van der Waals surface area contributed by atoms with Gasteiger partial charge in [0.1, 0.15) is 0 Å². The quantitative estimate of drug-likeness (QED) is 0.210. The second-order valence-electron chi connectivity index (χ2n) is 8.31. The van der Waals surface area contributed by atoms with Gasteiger partial charge in [-0.2, -0.15) is 0 Å². The second-order valence-corrected chi connectivity index (χ2v) is 9.22. The molecule has 0 amide bonds. The van der Waals surface area contributed by atoms with Crippen LogP contribution in [0.4, 0.5) is 0 Å². The minimum Gasteiger partial charge on any atom is -0.309 e. The van der Waals surface area contributed by atoms with Crippen LogP contribution in [-0.2, 0) is 0 Å². The van der Waals surface area contributed by atoms with Crippen LogP contribution in [0.15, 0.2) is 114 Å². The van der Waals surface area contributed by atoms with Crippen LogP contribution in [-0.4, -0.2) is 4.57 Å². The molecule has 0 bridgehead atoms. The molecule has 0 atom stereocenters. The summed E-state index contributed by atoms with van der Waals surface area (Å²) in [4.78, 5) is 0. The molecule has 0 saturated heterocycles. The number of hydrogen-bond donors (Lipinski definition) is 0. The van der Waals surface area contributed by atoms with E-state index in [9.17, 15) is 0 Å². The van der Waals surface area contributed by atoms with Crippen molar-refractivity contribution < 1.29 is 0 Å². The van der Waals surface area contributed by atoms with Crippen LogP contribution in [0.5, 0.6) is 0 Å². The molecule has 0 aliphatic heterocycles. The Hall–Kier alpha value is -3.62. The van der Waals surface area contributed by atoms with Crippen molar-refractivity contribution in [2.24, 2.45) is 0 Å². The molecular formula is C30H18BrN. The zero-order chi connectivity index (χ0) is 21.2. The molecule has 7 rings (SSSR count). The molecule has 1 heterocycles. The number of halogens is 1. The van der Waals surface area contributed by atoms with E-state index in [-0.39, 0.29) is 0 Å². The first-order valence-corrected chi connectivity index (χ1v) is 11.6. The van der Waals surface area contributed by atoms with Crippen molar-refractivity contribution >= 4 is 70.1 Å². The van der Waals surface area contributed by atoms with Crippen LogP contribution >= 0.6 is 15.9 Å². The van der Waals surface area contributed by atoms with Gasteiger partial charge >= 0.3 is 0 Å². The van der Waals surface area contributed by atoms with Crippen molar-refractivity contribution in [2.45, 2.75) is 0 Å². The molecule has 0 fully saturated rings. The number of rotatable bonds is 1. The van der Waals surface area contributed by atoms with Crippen molar-refractivity contribution in [1.82, 2.24) is 4.57 Å². The molecule has 0 aliphatic rings. The Balaban J connectivity index is 1.85. The van der Waals surface area contributed by atoms with E-state index in [1.54, 1.807) is 0 Å². The van der Waals surface area contributed by atoms with E-state index in [2.05, 4.69) is 130 Å². The second kappa shape index (κ2) is 6.69. The van der Waals surface area contributed by atoms with Crippen molar-refractivity contribution in [3.8, 4) is 5.69 Å². The monoisotopic (exact) mass is 471 g/mol. The van der Waals surface area contributed by atoms with Gasteiger partial charge in [0.25, 0.3) is 0 Å². The van der Waals surface area contributed by atoms with Crippen molar-refractivity contribution in [3.63, 3.8) is 0 Å². The first-order chi connectivity index (χ1) is 15.8. The van der Waals surface area contributed by atoms with Gasteiger partial charge in [0, 0.05) is 26.3 Å². The van der Waals surface area contributed by atoms with E-state index >= 15 is 0 Å². The molecular weight excluding hydrogens is 454 g/mol. The summed E-state index contributed by atoms with van der Waals surface area (Å²) in [5, 5.41) is 10.3. The fraction of sp³-hybridized carbons (Fsp3) is 0. The van der Waals surface area contributed by atoms with Gasteiger partial charge < -0.3 is 4.57 Å². The standard InChI is InChI=1S/C30H18BrN/c31-19-14-15-22-25-16-17-26-23-11-6-7-13-28(23)32(20-8-2-1-3-9-20)30(26)29(25)24-12-5-4-10-21(24)27(22)18-19/h1-18H. The van der Waals surface area contributed by atoms with E-state index < -0.39 is 0 Å². The van der Waals surface area contributed by atoms with E-state index in [1.165, 1.54) is 59.8 Å². The van der Waals surface area contributed by atoms with E-state index in [0.29, 0.717) is 0 Å². The lowest BCUT2D eigenvalue weighted by Crippen LogP contribution is -1.94. The summed E-state index contributed by atoms with van der Waals surface area (Å²) in [7, 11) is 0. The molecule has 2 heteroatoms. The predicted octanol–water partition coefficient (Wildman–Crippen LogP) is 9.01. The smallest absolute Gasteiger partial charge is 0.0625 e. The zero-order valence-electron chi connectivity index (χ0n) is 17.2. The minimum absolute atomic E-state index is 1.11. The number of fused-ring (bicyclic) bond motifs is 10. The molecule has 7 aromatic rings. The lowest BCUT2D eigenvalue weighted by Gasteiger charge is -2.14. The molecule has 0 spiro atoms. The molecule has 0 radical (unpaired) electrons. The van der Waals surface area contributed by atoms with Crippen LogP contribution < -0.4 is 0 Å². The van der Waals surface area contributed by atoms with Crippen molar-refractivity contribution in [3.05, 3.63) is 114 Å². The van der Waals surface area contributed by atoms with Gasteiger partial charge in [0.15, 0.2) is 0 Å². The summed E-state index contributed by atoms with van der Waals surface area (Å²) in [5.41, 5.74) is 3.70. The number of benzene rings is 6. The van der Waals surface area contributed by atoms with Gasteiger partial charge in [-0.1, -0.05) is 94.8 Å². The maximum atomic E-state index is 3.68. The maximum absolute atomic E-state index is 3.68. The van der Waals surface area contributed by atoms with Gasteiger partial charge in [0.05, 0.1) is 11.0 Å². The van der Waals surface area contributed by atoms with Crippen LogP contribution in [0, 0.1) is 0 Å². The predicted molar refractivity (Wildman–Crippen MR) is 141 cm³/mol. The highest BCUT2D eigenvalue weighted by Crippen LogP contribution is 2.43. The Morgan fingerprint density at radius 2 is 1.06 bits per heavy atom. The van der Waals surface area contributed by atoms with Crippen LogP contribution in [0.3, 0.4) is 0 Å². The highest BCUT2D eigenvalue weighted by Gasteiger charge is 2.18. The first-order valence-electron chi connectivity index (χ1n) is 10.8. The van der Waals surface area contributed by atoms with Crippen LogP contribution in [0.25, 0.3) is 59.8 Å². The topological polar surface area (TPSA) is 4.93 Å². The molecule has 0 N–H and O–H groups in total. The summed E-state index contributed by atoms with van der Waals surface area (Å²) in [6, 6.07) is 39.5. The Morgan fingerprint density at radius 3 is 1.91 bits per heavy atom. The van der Waals surface area contributed by atoms with Gasteiger partial charge in [-0.25, -0.2) is 0 Å². The number of para-hydroxylation sites is 2. The molecule has 0 saturated carbocycles. The molecule has 150 valence electrons. The Morgan fingerprint density at radius 1 is 0.469 bits per heavy atom. The maximum Gasteiger partial charge on any atom is 0.0625 e. The largest absolute Gasteiger partial charge is 0.309 e. The third-order valence-electron chi connectivity index (χ3n) is 6.61. The lowest BCUT2D eigenvalue weighted by atomic mass is 9.93. The van der Waals surface area contributed by atoms with Gasteiger partial charge in [0.2, 0.25) is 0 Å². The van der Waals surface area contributed by atoms with Crippen LogP contribution in [0.2, 0.25) is 0 Å². The first kappa shape index (κ1) is 18.0. The number of hydrogen-bond acceptors (Lipinski definition) is 0. The number of nitrogens with zero attached hydrogens (tertiary/aromatic N) is 1. The van der Waals surface area contributed by atoms with E-state index in [4.69, 9.17) is 0 Å². The Labute approximate surface area is 193 Å². The molecule has 6 aromatic carbocycles. The summed E-state index contributed by atoms with van der Waals surface area (Å²) in [5.74, 6) is 0. The third-order valence-corrected chi connectivity index (χ3v) is 7.10. The normalized spacial score (nSPS) is 11.9. The zero-order valence-corrected chi connectivity index (χ0v) is 18.8. The highest BCUT2D eigenvalue weighted by atomic mass is 79.9. The van der Waals surface area contributed by atoms with Crippen molar-refractivity contribution in [1.29, 1.82) is 0 Å². The summed E-state index contributed by atoms with van der Waals surface area (Å²) in [6.45, 7) is 0. The van der Waals surface area contributed by atoms with E-state index in [0.717, 1.165) is 4.47 Å². The average Bonchev–Trinajstić information content (AvgIpc) is 3.19. The van der Waals surface area contributed by atoms with Gasteiger partial charge in [-0.3, -0.25) is 0 Å². The van der Waals surface area contributed by atoms with E-state index in [1.807, 2.05) is 0 Å². The summed E-state index contributed by atoms with van der Waals surface area (Å²) < 4.78 is 3.54. The van der Waals surface area contributed by atoms with Gasteiger partial charge in [-0.15, -0.1) is 0 Å². The third kappa shape index (κ3) is 2.39. The summed E-state index contributed by atoms with van der Waals surface area (Å²) >= 11 is 3.68. The molecule has 0 aliphatic carbocycles. The van der Waals surface area contributed by atoms with Crippen molar-refractivity contribution in [2.75, 3.05) is 0 Å². The highest BCUT2D eigenvalue weighted by molar-refractivity contribution is 9.10. The fourth-order valence-electron chi connectivity index (χ4n) is 5.31. The Bertz CT molecular complexity index is 1810.